The zero-order valence-electron chi connectivity index (χ0n) is 10.1. The van der Waals surface area contributed by atoms with E-state index >= 15 is 0 Å². The summed E-state index contributed by atoms with van der Waals surface area (Å²) in [7, 11) is 0. The number of hydrogen-bond acceptors (Lipinski definition) is 3. The lowest BCUT2D eigenvalue weighted by molar-refractivity contribution is 0.102. The summed E-state index contributed by atoms with van der Waals surface area (Å²) in [5.74, 6) is -1.81. The molecule has 0 bridgehead atoms. The highest BCUT2D eigenvalue weighted by Gasteiger charge is 2.15. The van der Waals surface area contributed by atoms with Crippen LogP contribution in [0.1, 0.15) is 16.1 Å². The van der Waals surface area contributed by atoms with Crippen molar-refractivity contribution < 1.29 is 13.6 Å². The van der Waals surface area contributed by atoms with Crippen molar-refractivity contribution in [3.63, 3.8) is 0 Å². The van der Waals surface area contributed by atoms with Crippen molar-refractivity contribution in [2.24, 2.45) is 5.73 Å². The molecule has 102 valence electrons. The van der Waals surface area contributed by atoms with Gasteiger partial charge in [-0.3, -0.25) is 4.79 Å². The van der Waals surface area contributed by atoms with E-state index in [0.29, 0.717) is 0 Å². The molecule has 0 aliphatic heterocycles. The summed E-state index contributed by atoms with van der Waals surface area (Å²) in [6.45, 7) is 0. The maximum absolute atomic E-state index is 13.6. The molecular formula is C13H9F2N3OS. The summed E-state index contributed by atoms with van der Waals surface area (Å²) in [6, 6.07) is 6.36. The van der Waals surface area contributed by atoms with Gasteiger partial charge in [-0.2, -0.15) is 0 Å². The smallest absolute Gasteiger partial charge is 0.274 e. The van der Waals surface area contributed by atoms with Crippen LogP contribution in [0, 0.1) is 11.6 Å². The molecule has 0 aliphatic rings. The van der Waals surface area contributed by atoms with E-state index < -0.39 is 17.5 Å². The van der Waals surface area contributed by atoms with E-state index in [2.05, 4.69) is 10.3 Å². The van der Waals surface area contributed by atoms with Crippen molar-refractivity contribution in [1.29, 1.82) is 0 Å². The van der Waals surface area contributed by atoms with Crippen LogP contribution in [0.15, 0.2) is 36.5 Å². The molecule has 0 aliphatic carbocycles. The van der Waals surface area contributed by atoms with Gasteiger partial charge >= 0.3 is 0 Å². The Morgan fingerprint density at radius 3 is 2.60 bits per heavy atom. The van der Waals surface area contributed by atoms with Crippen molar-refractivity contribution >= 4 is 28.8 Å². The third-order valence-corrected chi connectivity index (χ3v) is 2.67. The molecule has 7 heteroatoms. The average molecular weight is 293 g/mol. The van der Waals surface area contributed by atoms with E-state index in [1.54, 1.807) is 0 Å². The molecule has 0 spiro atoms. The number of hydrogen-bond donors (Lipinski definition) is 2. The van der Waals surface area contributed by atoms with E-state index in [4.69, 9.17) is 18.0 Å². The third-order valence-electron chi connectivity index (χ3n) is 2.47. The fourth-order valence-electron chi connectivity index (χ4n) is 1.58. The van der Waals surface area contributed by atoms with Crippen LogP contribution in [-0.4, -0.2) is 15.9 Å². The minimum atomic E-state index is -0.637. The van der Waals surface area contributed by atoms with E-state index in [1.807, 2.05) is 0 Å². The molecule has 0 fully saturated rings. The summed E-state index contributed by atoms with van der Waals surface area (Å²) >= 11 is 4.74. The van der Waals surface area contributed by atoms with Crippen molar-refractivity contribution in [1.82, 2.24) is 4.98 Å². The maximum Gasteiger partial charge on any atom is 0.274 e. The van der Waals surface area contributed by atoms with Crippen LogP contribution in [0.4, 0.5) is 14.5 Å². The molecule has 20 heavy (non-hydrogen) atoms. The molecule has 1 aromatic carbocycles. The molecule has 1 aromatic heterocycles. The van der Waals surface area contributed by atoms with E-state index in [-0.39, 0.29) is 21.9 Å². The van der Waals surface area contributed by atoms with E-state index in [0.717, 1.165) is 12.3 Å². The summed E-state index contributed by atoms with van der Waals surface area (Å²) in [4.78, 5) is 15.4. The number of aromatic nitrogens is 1. The van der Waals surface area contributed by atoms with E-state index in [1.165, 1.54) is 24.3 Å². The fourth-order valence-corrected chi connectivity index (χ4v) is 1.78. The van der Waals surface area contributed by atoms with Gasteiger partial charge in [0.15, 0.2) is 0 Å². The second kappa shape index (κ2) is 5.70. The van der Waals surface area contributed by atoms with Crippen LogP contribution in [0.3, 0.4) is 0 Å². The molecule has 2 aromatic rings. The van der Waals surface area contributed by atoms with Crippen molar-refractivity contribution in [2.45, 2.75) is 0 Å². The Kier molecular flexibility index (Phi) is 3.99. The normalized spacial score (nSPS) is 10.1. The minimum absolute atomic E-state index is 0.00967. The number of benzene rings is 1. The monoisotopic (exact) mass is 293 g/mol. The molecule has 0 saturated carbocycles. The molecule has 4 nitrogen and oxygen atoms in total. The lowest BCUT2D eigenvalue weighted by Crippen LogP contribution is -2.19. The predicted molar refractivity (Wildman–Crippen MR) is 74.4 cm³/mol. The summed E-state index contributed by atoms with van der Waals surface area (Å²) in [5.41, 5.74) is 5.49. The molecule has 0 unspecified atom stereocenters. The van der Waals surface area contributed by atoms with Crippen LogP contribution in [0.5, 0.6) is 0 Å². The molecule has 0 atom stereocenters. The van der Waals surface area contributed by atoms with Gasteiger partial charge in [0.2, 0.25) is 0 Å². The Hall–Kier alpha value is -2.41. The minimum Gasteiger partial charge on any atom is -0.389 e. The second-order valence-electron chi connectivity index (χ2n) is 3.84. The van der Waals surface area contributed by atoms with Gasteiger partial charge < -0.3 is 11.1 Å². The third kappa shape index (κ3) is 2.94. The predicted octanol–water partition coefficient (Wildman–Crippen LogP) is 2.25. The topological polar surface area (TPSA) is 68.0 Å². The number of anilines is 1. The summed E-state index contributed by atoms with van der Waals surface area (Å²) < 4.78 is 26.3. The van der Waals surface area contributed by atoms with Crippen LogP contribution in [0.2, 0.25) is 0 Å². The largest absolute Gasteiger partial charge is 0.389 e. The Balaban J connectivity index is 2.30. The number of nitrogens with two attached hydrogens (primary N) is 1. The van der Waals surface area contributed by atoms with Crippen molar-refractivity contribution in [3.05, 3.63) is 59.4 Å². The Morgan fingerprint density at radius 2 is 2.00 bits per heavy atom. The molecular weight excluding hydrogens is 284 g/mol. The van der Waals surface area contributed by atoms with Crippen LogP contribution < -0.4 is 11.1 Å². The first kappa shape index (κ1) is 14.0. The molecule has 0 radical (unpaired) electrons. The van der Waals surface area contributed by atoms with Gasteiger partial charge in [-0.15, -0.1) is 0 Å². The Labute approximate surface area is 118 Å². The van der Waals surface area contributed by atoms with Gasteiger partial charge in [-0.25, -0.2) is 13.8 Å². The first-order chi connectivity index (χ1) is 9.49. The van der Waals surface area contributed by atoms with Gasteiger partial charge in [0.25, 0.3) is 5.91 Å². The highest BCUT2D eigenvalue weighted by Crippen LogP contribution is 2.19. The van der Waals surface area contributed by atoms with Gasteiger partial charge in [0.1, 0.15) is 22.3 Å². The second-order valence-corrected chi connectivity index (χ2v) is 4.28. The first-order valence-corrected chi connectivity index (χ1v) is 5.91. The quantitative estimate of drug-likeness (QED) is 0.852. The summed E-state index contributed by atoms with van der Waals surface area (Å²) in [5, 5.41) is 2.44. The van der Waals surface area contributed by atoms with Crippen LogP contribution in [0.25, 0.3) is 0 Å². The summed E-state index contributed by atoms with van der Waals surface area (Å²) in [6.07, 6.45) is 0.912. The van der Waals surface area contributed by atoms with Crippen molar-refractivity contribution in [3.8, 4) is 0 Å². The number of rotatable bonds is 3. The number of nitrogens with zero attached hydrogens (tertiary/aromatic N) is 1. The first-order valence-electron chi connectivity index (χ1n) is 5.50. The number of amides is 1. The SMILES string of the molecule is NC(=S)c1c(F)cccc1NC(=O)c1ccc(F)cn1. The molecule has 3 N–H and O–H groups in total. The van der Waals surface area contributed by atoms with Crippen LogP contribution in [-0.2, 0) is 0 Å². The lowest BCUT2D eigenvalue weighted by Gasteiger charge is -2.10. The number of carbonyl (C=O) groups excluding carboxylic acids is 1. The van der Waals surface area contributed by atoms with Crippen molar-refractivity contribution in [2.75, 3.05) is 5.32 Å². The molecule has 1 amide bonds. The number of pyridine rings is 1. The highest BCUT2D eigenvalue weighted by molar-refractivity contribution is 7.80. The average Bonchev–Trinajstić information content (AvgIpc) is 2.39. The van der Waals surface area contributed by atoms with Gasteiger partial charge in [-0.1, -0.05) is 18.3 Å². The number of thiocarbonyl (C=S) groups is 1. The van der Waals surface area contributed by atoms with E-state index in [9.17, 15) is 13.6 Å². The Morgan fingerprint density at radius 1 is 1.25 bits per heavy atom. The zero-order valence-corrected chi connectivity index (χ0v) is 10.9. The molecule has 2 rings (SSSR count). The van der Waals surface area contributed by atoms with Gasteiger partial charge in [-0.05, 0) is 24.3 Å². The lowest BCUT2D eigenvalue weighted by atomic mass is 10.1. The van der Waals surface area contributed by atoms with Gasteiger partial charge in [0.05, 0.1) is 17.4 Å². The zero-order chi connectivity index (χ0) is 14.7. The van der Waals surface area contributed by atoms with Gasteiger partial charge in [0, 0.05) is 0 Å². The molecule has 1 heterocycles. The number of nitrogens with one attached hydrogen (secondary N) is 1. The highest BCUT2D eigenvalue weighted by atomic mass is 32.1. The molecule has 0 saturated heterocycles. The number of halogens is 2. The standard InChI is InChI=1S/C13H9F2N3OS/c14-7-4-5-10(17-6-7)13(19)18-9-3-1-2-8(15)11(9)12(16)20/h1-6H,(H2,16,20)(H,18,19). The van der Waals surface area contributed by atoms with Crippen LogP contribution >= 0.6 is 12.2 Å². The number of carbonyl (C=O) groups is 1. The maximum atomic E-state index is 13.6. The fraction of sp³-hybridized carbons (Fsp3) is 0. The Bertz CT molecular complexity index is 674.